The molecule has 0 amide bonds. The third kappa shape index (κ3) is 8.01. The van der Waals surface area contributed by atoms with Gasteiger partial charge >= 0.3 is 17.6 Å². The van der Waals surface area contributed by atoms with Gasteiger partial charge in [-0.2, -0.15) is 0 Å². The highest BCUT2D eigenvalue weighted by molar-refractivity contribution is 5.90. The number of ether oxygens (including phenoxy) is 4. The Hall–Kier alpha value is -4.73. The van der Waals surface area contributed by atoms with Gasteiger partial charge in [0.15, 0.2) is 12.2 Å². The molecule has 3 aliphatic heterocycles. The molecular weight excluding hydrogens is 660 g/mol. The summed E-state index contributed by atoms with van der Waals surface area (Å²) < 4.78 is 30.5. The zero-order chi connectivity index (χ0) is 37.0. The number of allylic oxidation sites excluding steroid dienone is 1. The summed E-state index contributed by atoms with van der Waals surface area (Å²) in [5.41, 5.74) is 3.90. The highest BCUT2D eigenvalue weighted by Crippen LogP contribution is 2.47. The monoisotopic (exact) mass is 708 g/mol. The van der Waals surface area contributed by atoms with Gasteiger partial charge in [-0.15, -0.1) is 0 Å². The minimum atomic E-state index is -1.14. The Morgan fingerprint density at radius 2 is 1.69 bits per heavy atom. The second-order valence-electron chi connectivity index (χ2n) is 14.6. The van der Waals surface area contributed by atoms with Gasteiger partial charge in [0, 0.05) is 42.6 Å². The standard InChI is InChI=1S/C43H48O9/c1-26(2)33-18-13-27-11-14-29(15-12-27)30(23-28-9-7-6-8-10-28)17-20-36(45)49-39-37-35(52-43(3,4)40(39)51-41(33)46)19-16-31-24-34(42(47)50-38(31)37)32(21-22-44)25-48-5/h6-12,14-16,19,24,30,32,39-40,44H,13,17-18,20-23,25H2,1-5H3/t30-,32-,39-,40+/m1/s1. The molecular formula is C43H48O9. The van der Waals surface area contributed by atoms with Crippen molar-refractivity contribution in [1.29, 1.82) is 0 Å². The number of benzene rings is 3. The van der Waals surface area contributed by atoms with Crippen molar-refractivity contribution in [3.05, 3.63) is 122 Å². The average molecular weight is 709 g/mol. The van der Waals surface area contributed by atoms with Gasteiger partial charge in [-0.3, -0.25) is 4.79 Å². The summed E-state index contributed by atoms with van der Waals surface area (Å²) in [6.45, 7) is 7.44. The van der Waals surface area contributed by atoms with E-state index in [0.29, 0.717) is 53.5 Å². The fourth-order valence-electron chi connectivity index (χ4n) is 7.46. The zero-order valence-electron chi connectivity index (χ0n) is 30.6. The summed E-state index contributed by atoms with van der Waals surface area (Å²) in [6, 6.07) is 23.9. The number of rotatable bonds is 7. The number of fused-ring (bicyclic) bond motifs is 13. The van der Waals surface area contributed by atoms with E-state index in [1.807, 2.05) is 32.0 Å². The second kappa shape index (κ2) is 15.9. The number of hydrogen-bond donors (Lipinski definition) is 1. The normalized spacial score (nSPS) is 21.0. The lowest BCUT2D eigenvalue weighted by Crippen LogP contribution is -2.52. The van der Waals surface area contributed by atoms with E-state index in [4.69, 9.17) is 23.4 Å². The number of carbonyl (C=O) groups is 2. The van der Waals surface area contributed by atoms with Crippen molar-refractivity contribution in [3.63, 3.8) is 0 Å². The Bertz CT molecular complexity index is 1980. The van der Waals surface area contributed by atoms with Crippen LogP contribution in [0.4, 0.5) is 0 Å². The fourth-order valence-corrected chi connectivity index (χ4v) is 7.46. The van der Waals surface area contributed by atoms with Crippen LogP contribution in [0.2, 0.25) is 0 Å². The molecule has 52 heavy (non-hydrogen) atoms. The number of carbonyl (C=O) groups excluding carboxylic acids is 2. The van der Waals surface area contributed by atoms with Crippen LogP contribution in [0.25, 0.3) is 11.0 Å². The second-order valence-corrected chi connectivity index (χ2v) is 14.6. The van der Waals surface area contributed by atoms with Crippen LogP contribution in [0.5, 0.6) is 5.75 Å². The molecule has 2 bridgehead atoms. The molecule has 9 nitrogen and oxygen atoms in total. The molecule has 0 spiro atoms. The molecule has 9 heteroatoms. The van der Waals surface area contributed by atoms with Gasteiger partial charge in [-0.25, -0.2) is 9.59 Å². The van der Waals surface area contributed by atoms with E-state index >= 15 is 0 Å². The molecule has 4 heterocycles. The van der Waals surface area contributed by atoms with Crippen LogP contribution in [-0.2, 0) is 36.6 Å². The zero-order valence-corrected chi connectivity index (χ0v) is 30.6. The van der Waals surface area contributed by atoms with Crippen molar-refractivity contribution >= 4 is 22.9 Å². The topological polar surface area (TPSA) is 122 Å². The maximum absolute atomic E-state index is 14.0. The quantitative estimate of drug-likeness (QED) is 0.117. The fraction of sp³-hybridized carbons (Fsp3) is 0.419. The number of methoxy groups -OCH3 is 1. The molecule has 0 saturated heterocycles. The lowest BCUT2D eigenvalue weighted by atomic mass is 9.86. The highest BCUT2D eigenvalue weighted by atomic mass is 16.6. The van der Waals surface area contributed by atoms with Crippen LogP contribution in [0.1, 0.15) is 99.1 Å². The van der Waals surface area contributed by atoms with Gasteiger partial charge in [-0.05, 0) is 101 Å². The summed E-state index contributed by atoms with van der Waals surface area (Å²) in [6.07, 6.45) is 0.571. The Kier molecular flexibility index (Phi) is 11.3. The summed E-state index contributed by atoms with van der Waals surface area (Å²) >= 11 is 0. The van der Waals surface area contributed by atoms with Gasteiger partial charge in [0.25, 0.3) is 0 Å². The number of aryl methyl sites for hydroxylation is 1. The molecule has 7 rings (SSSR count). The summed E-state index contributed by atoms with van der Waals surface area (Å²) in [7, 11) is 1.54. The Morgan fingerprint density at radius 1 is 0.942 bits per heavy atom. The lowest BCUT2D eigenvalue weighted by Gasteiger charge is -2.43. The highest BCUT2D eigenvalue weighted by Gasteiger charge is 2.50. The van der Waals surface area contributed by atoms with Crippen molar-refractivity contribution in [2.24, 2.45) is 0 Å². The molecule has 1 aromatic heterocycles. The van der Waals surface area contributed by atoms with Crippen molar-refractivity contribution in [1.82, 2.24) is 0 Å². The Labute approximate surface area is 304 Å². The van der Waals surface area contributed by atoms with Crippen molar-refractivity contribution in [2.45, 2.75) is 95.9 Å². The molecule has 1 N–H and O–H groups in total. The summed E-state index contributed by atoms with van der Waals surface area (Å²) in [5, 5.41) is 10.2. The maximum Gasteiger partial charge on any atom is 0.339 e. The van der Waals surface area contributed by atoms with Crippen LogP contribution >= 0.6 is 0 Å². The molecule has 0 radical (unpaired) electrons. The molecule has 4 aromatic rings. The smallest absolute Gasteiger partial charge is 0.339 e. The van der Waals surface area contributed by atoms with Gasteiger partial charge in [0.1, 0.15) is 16.9 Å². The van der Waals surface area contributed by atoms with Gasteiger partial charge in [0.05, 0.1) is 12.2 Å². The van der Waals surface area contributed by atoms with E-state index < -0.39 is 41.3 Å². The van der Waals surface area contributed by atoms with Crippen LogP contribution in [0.15, 0.2) is 93.2 Å². The van der Waals surface area contributed by atoms with E-state index in [0.717, 1.165) is 23.1 Å². The summed E-state index contributed by atoms with van der Waals surface area (Å²) in [4.78, 5) is 41.6. The van der Waals surface area contributed by atoms with Crippen molar-refractivity contribution in [2.75, 3.05) is 20.3 Å². The van der Waals surface area contributed by atoms with Crippen LogP contribution in [-0.4, -0.2) is 49.1 Å². The first-order chi connectivity index (χ1) is 25.0. The van der Waals surface area contributed by atoms with Gasteiger partial charge in [0.2, 0.25) is 0 Å². The molecule has 0 saturated carbocycles. The molecule has 3 aliphatic rings. The third-order valence-corrected chi connectivity index (χ3v) is 10.3. The molecule has 0 unspecified atom stereocenters. The predicted molar refractivity (Wildman–Crippen MR) is 197 cm³/mol. The average Bonchev–Trinajstić information content (AvgIpc) is 3.11. The lowest BCUT2D eigenvalue weighted by molar-refractivity contribution is -0.188. The van der Waals surface area contributed by atoms with Crippen LogP contribution < -0.4 is 10.4 Å². The molecule has 0 aliphatic carbocycles. The van der Waals surface area contributed by atoms with Crippen molar-refractivity contribution < 1.29 is 38.1 Å². The number of aliphatic hydroxyl groups is 1. The molecule has 3 aromatic carbocycles. The first kappa shape index (κ1) is 37.0. The number of aliphatic hydroxyl groups excluding tert-OH is 1. The van der Waals surface area contributed by atoms with E-state index in [1.54, 1.807) is 32.0 Å². The molecule has 274 valence electrons. The van der Waals surface area contributed by atoms with E-state index in [2.05, 4.69) is 36.4 Å². The first-order valence-corrected chi connectivity index (χ1v) is 18.1. The first-order valence-electron chi connectivity index (χ1n) is 18.1. The van der Waals surface area contributed by atoms with Gasteiger partial charge < -0.3 is 28.5 Å². The maximum atomic E-state index is 14.0. The van der Waals surface area contributed by atoms with Crippen LogP contribution in [0.3, 0.4) is 0 Å². The SMILES string of the molecule is COC[C@@H](CCO)c1cc2ccc3c(c2oc1=O)[C@H]1OC(=O)CC[C@H](Cc2ccccc2)c2ccc(cc2)CCC(=C(C)C)C(=O)O[C@@H]1C(C)(C)O3. The Morgan fingerprint density at radius 3 is 2.38 bits per heavy atom. The van der Waals surface area contributed by atoms with Crippen molar-refractivity contribution in [3.8, 4) is 5.75 Å². The van der Waals surface area contributed by atoms with Gasteiger partial charge in [-0.1, -0.05) is 60.2 Å². The Balaban J connectivity index is 1.45. The van der Waals surface area contributed by atoms with E-state index in [-0.39, 0.29) is 31.1 Å². The minimum absolute atomic E-state index is 0.0496. The molecule has 0 fully saturated rings. The number of hydrogen-bond acceptors (Lipinski definition) is 9. The molecule has 4 atom stereocenters. The minimum Gasteiger partial charge on any atom is -0.483 e. The van der Waals surface area contributed by atoms with E-state index in [1.165, 1.54) is 12.7 Å². The number of esters is 2. The predicted octanol–water partition coefficient (Wildman–Crippen LogP) is 7.66. The largest absolute Gasteiger partial charge is 0.483 e. The van der Waals surface area contributed by atoms with Crippen LogP contribution in [0, 0.1) is 0 Å². The van der Waals surface area contributed by atoms with E-state index in [9.17, 15) is 19.5 Å². The summed E-state index contributed by atoms with van der Waals surface area (Å²) in [5.74, 6) is -0.973. The third-order valence-electron chi connectivity index (χ3n) is 10.3.